The summed E-state index contributed by atoms with van der Waals surface area (Å²) in [6.07, 6.45) is 2.09. The van der Waals surface area contributed by atoms with Crippen LogP contribution in [0.4, 0.5) is 4.39 Å². The third-order valence-corrected chi connectivity index (χ3v) is 3.99. The standard InChI is InChI=1S/C12H11BrFN3OS/c13-7-3-10-9(4-8(7)14)16-12(19)17(10)5-11(18)15-6-1-2-6/h3-4,6H,1-2,5H2,(H,15,18)(H,16,19). The van der Waals surface area contributed by atoms with Crippen molar-refractivity contribution >= 4 is 45.1 Å². The molecule has 4 nitrogen and oxygen atoms in total. The van der Waals surface area contributed by atoms with E-state index in [-0.39, 0.29) is 18.3 Å². The van der Waals surface area contributed by atoms with Crippen molar-refractivity contribution in [3.05, 3.63) is 27.2 Å². The number of hydrogen-bond donors (Lipinski definition) is 2. The Morgan fingerprint density at radius 3 is 3.00 bits per heavy atom. The van der Waals surface area contributed by atoms with Crippen molar-refractivity contribution in [3.8, 4) is 0 Å². The van der Waals surface area contributed by atoms with E-state index in [0.29, 0.717) is 26.3 Å². The summed E-state index contributed by atoms with van der Waals surface area (Å²) in [6, 6.07) is 3.31. The highest BCUT2D eigenvalue weighted by atomic mass is 79.9. The Labute approximate surface area is 122 Å². The zero-order chi connectivity index (χ0) is 13.6. The lowest BCUT2D eigenvalue weighted by Crippen LogP contribution is -2.29. The van der Waals surface area contributed by atoms with Crippen LogP contribution in [0.25, 0.3) is 11.0 Å². The number of imidazole rings is 1. The molecule has 3 rings (SSSR count). The maximum atomic E-state index is 13.4. The molecule has 100 valence electrons. The minimum Gasteiger partial charge on any atom is -0.352 e. The Hall–Kier alpha value is -1.21. The fraction of sp³-hybridized carbons (Fsp3) is 0.333. The van der Waals surface area contributed by atoms with Crippen molar-refractivity contribution in [1.29, 1.82) is 0 Å². The Morgan fingerprint density at radius 2 is 2.32 bits per heavy atom. The number of fused-ring (bicyclic) bond motifs is 1. The van der Waals surface area contributed by atoms with Gasteiger partial charge in [0.25, 0.3) is 0 Å². The topological polar surface area (TPSA) is 49.8 Å². The van der Waals surface area contributed by atoms with E-state index in [0.717, 1.165) is 12.8 Å². The van der Waals surface area contributed by atoms with Gasteiger partial charge in [-0.05, 0) is 47.1 Å². The van der Waals surface area contributed by atoms with E-state index in [1.165, 1.54) is 6.07 Å². The van der Waals surface area contributed by atoms with Crippen LogP contribution in [-0.2, 0) is 11.3 Å². The molecule has 7 heteroatoms. The number of benzene rings is 1. The highest BCUT2D eigenvalue weighted by molar-refractivity contribution is 9.10. The second-order valence-corrected chi connectivity index (χ2v) is 5.88. The molecule has 1 amide bonds. The van der Waals surface area contributed by atoms with Crippen molar-refractivity contribution < 1.29 is 9.18 Å². The number of carbonyl (C=O) groups is 1. The number of nitrogens with one attached hydrogen (secondary N) is 2. The molecular formula is C12H11BrFN3OS. The molecule has 1 fully saturated rings. The average molecular weight is 344 g/mol. The van der Waals surface area contributed by atoms with Gasteiger partial charge in [0.15, 0.2) is 4.77 Å². The van der Waals surface area contributed by atoms with Gasteiger partial charge in [0, 0.05) is 12.1 Å². The van der Waals surface area contributed by atoms with E-state index in [4.69, 9.17) is 12.2 Å². The first-order valence-electron chi connectivity index (χ1n) is 5.91. The smallest absolute Gasteiger partial charge is 0.240 e. The number of H-pyrrole nitrogens is 1. The largest absolute Gasteiger partial charge is 0.352 e. The number of aromatic amines is 1. The summed E-state index contributed by atoms with van der Waals surface area (Å²) >= 11 is 8.32. The molecule has 0 saturated heterocycles. The van der Waals surface area contributed by atoms with Gasteiger partial charge in [-0.15, -0.1) is 0 Å². The summed E-state index contributed by atoms with van der Waals surface area (Å²) in [5, 5.41) is 2.90. The molecule has 0 radical (unpaired) electrons. The van der Waals surface area contributed by atoms with Crippen LogP contribution >= 0.6 is 28.1 Å². The predicted molar refractivity (Wildman–Crippen MR) is 75.9 cm³/mol. The van der Waals surface area contributed by atoms with Gasteiger partial charge in [0.2, 0.25) is 5.91 Å². The Kier molecular flexibility index (Phi) is 3.18. The van der Waals surface area contributed by atoms with E-state index in [1.807, 2.05) is 0 Å². The molecule has 1 aromatic heterocycles. The number of rotatable bonds is 3. The molecule has 2 aromatic rings. The van der Waals surface area contributed by atoms with Gasteiger partial charge in [-0.1, -0.05) is 0 Å². The minimum atomic E-state index is -0.363. The summed E-state index contributed by atoms with van der Waals surface area (Å²) in [5.74, 6) is -0.432. The van der Waals surface area contributed by atoms with Crippen LogP contribution in [0.2, 0.25) is 0 Å². The fourth-order valence-corrected chi connectivity index (χ4v) is 2.56. The second kappa shape index (κ2) is 4.72. The Bertz CT molecular complexity index is 720. The fourth-order valence-electron chi connectivity index (χ4n) is 1.95. The maximum absolute atomic E-state index is 13.4. The lowest BCUT2D eigenvalue weighted by atomic mass is 10.3. The summed E-state index contributed by atoms with van der Waals surface area (Å²) in [5.41, 5.74) is 1.30. The van der Waals surface area contributed by atoms with Gasteiger partial charge in [0.05, 0.1) is 15.5 Å². The van der Waals surface area contributed by atoms with Crippen LogP contribution in [0, 0.1) is 10.6 Å². The summed E-state index contributed by atoms with van der Waals surface area (Å²) in [7, 11) is 0. The zero-order valence-electron chi connectivity index (χ0n) is 9.87. The van der Waals surface area contributed by atoms with Gasteiger partial charge in [-0.25, -0.2) is 4.39 Å². The van der Waals surface area contributed by atoms with Crippen molar-refractivity contribution in [1.82, 2.24) is 14.9 Å². The lowest BCUT2D eigenvalue weighted by molar-refractivity contribution is -0.121. The summed E-state index contributed by atoms with van der Waals surface area (Å²) < 4.78 is 15.9. The molecule has 1 heterocycles. The maximum Gasteiger partial charge on any atom is 0.240 e. The first kappa shape index (κ1) is 12.8. The number of aromatic nitrogens is 2. The molecule has 1 saturated carbocycles. The first-order valence-corrected chi connectivity index (χ1v) is 7.11. The molecule has 0 unspecified atom stereocenters. The van der Waals surface area contributed by atoms with Crippen LogP contribution in [0.3, 0.4) is 0 Å². The molecule has 0 bridgehead atoms. The number of halogens is 2. The van der Waals surface area contributed by atoms with Crippen molar-refractivity contribution in [3.63, 3.8) is 0 Å². The molecule has 0 spiro atoms. The summed E-state index contributed by atoms with van der Waals surface area (Å²) in [4.78, 5) is 14.7. The number of nitrogens with zero attached hydrogens (tertiary/aromatic N) is 1. The van der Waals surface area contributed by atoms with Crippen LogP contribution in [-0.4, -0.2) is 21.5 Å². The number of amides is 1. The quantitative estimate of drug-likeness (QED) is 0.842. The van der Waals surface area contributed by atoms with Crippen LogP contribution in [0.15, 0.2) is 16.6 Å². The number of carbonyl (C=O) groups excluding carboxylic acids is 1. The molecule has 19 heavy (non-hydrogen) atoms. The Morgan fingerprint density at radius 1 is 1.58 bits per heavy atom. The molecule has 2 N–H and O–H groups in total. The van der Waals surface area contributed by atoms with Crippen molar-refractivity contribution in [2.75, 3.05) is 0 Å². The van der Waals surface area contributed by atoms with Gasteiger partial charge in [-0.3, -0.25) is 4.79 Å². The van der Waals surface area contributed by atoms with Crippen LogP contribution in [0.5, 0.6) is 0 Å². The van der Waals surface area contributed by atoms with E-state index < -0.39 is 0 Å². The van der Waals surface area contributed by atoms with E-state index in [1.54, 1.807) is 10.6 Å². The zero-order valence-corrected chi connectivity index (χ0v) is 12.3. The molecule has 1 aliphatic carbocycles. The third-order valence-electron chi connectivity index (χ3n) is 3.06. The monoisotopic (exact) mass is 343 g/mol. The normalized spacial score (nSPS) is 14.8. The van der Waals surface area contributed by atoms with Gasteiger partial charge in [-0.2, -0.15) is 0 Å². The highest BCUT2D eigenvalue weighted by Gasteiger charge is 2.23. The molecule has 1 aliphatic rings. The number of hydrogen-bond acceptors (Lipinski definition) is 2. The Balaban J connectivity index is 1.97. The SMILES string of the molecule is O=C(Cn1c(=S)[nH]c2cc(F)c(Br)cc21)NC1CC1. The van der Waals surface area contributed by atoms with Crippen LogP contribution in [0.1, 0.15) is 12.8 Å². The molecular weight excluding hydrogens is 333 g/mol. The van der Waals surface area contributed by atoms with Crippen LogP contribution < -0.4 is 5.32 Å². The third kappa shape index (κ3) is 2.57. The minimum absolute atomic E-state index is 0.0695. The molecule has 0 aliphatic heterocycles. The molecule has 0 atom stereocenters. The van der Waals surface area contributed by atoms with E-state index >= 15 is 0 Å². The highest BCUT2D eigenvalue weighted by Crippen LogP contribution is 2.23. The summed E-state index contributed by atoms with van der Waals surface area (Å²) in [6.45, 7) is 0.146. The van der Waals surface area contributed by atoms with E-state index in [9.17, 15) is 9.18 Å². The van der Waals surface area contributed by atoms with Crippen molar-refractivity contribution in [2.45, 2.75) is 25.4 Å². The molecule has 1 aromatic carbocycles. The average Bonchev–Trinajstić information content (AvgIpc) is 3.09. The predicted octanol–water partition coefficient (Wildman–Crippen LogP) is 2.88. The second-order valence-electron chi connectivity index (χ2n) is 4.64. The van der Waals surface area contributed by atoms with Crippen molar-refractivity contribution in [2.24, 2.45) is 0 Å². The van der Waals surface area contributed by atoms with Gasteiger partial charge < -0.3 is 14.9 Å². The van der Waals surface area contributed by atoms with Gasteiger partial charge >= 0.3 is 0 Å². The lowest BCUT2D eigenvalue weighted by Gasteiger charge is -2.06. The van der Waals surface area contributed by atoms with E-state index in [2.05, 4.69) is 26.2 Å². The van der Waals surface area contributed by atoms with Gasteiger partial charge in [0.1, 0.15) is 12.4 Å². The first-order chi connectivity index (χ1) is 9.04.